The average molecular weight is 418 g/mol. The van der Waals surface area contributed by atoms with E-state index < -0.39 is 5.91 Å². The molecule has 0 unspecified atom stereocenters. The monoisotopic (exact) mass is 417 g/mol. The molecule has 0 saturated carbocycles. The first-order chi connectivity index (χ1) is 12.5. The van der Waals surface area contributed by atoms with Crippen molar-refractivity contribution in [1.29, 1.82) is 0 Å². The highest BCUT2D eigenvalue weighted by Crippen LogP contribution is 2.30. The van der Waals surface area contributed by atoms with Crippen LogP contribution in [0.25, 0.3) is 5.69 Å². The average Bonchev–Trinajstić information content (AvgIpc) is 3.03. The van der Waals surface area contributed by atoms with Crippen LogP contribution < -0.4 is 20.5 Å². The van der Waals surface area contributed by atoms with Crippen LogP contribution in [0, 0.1) is 0 Å². The first-order valence-corrected chi connectivity index (χ1v) is 8.33. The third kappa shape index (κ3) is 3.47. The number of halogens is 1. The van der Waals surface area contributed by atoms with Crippen LogP contribution in [0.5, 0.6) is 11.5 Å². The van der Waals surface area contributed by atoms with Crippen molar-refractivity contribution in [1.82, 2.24) is 15.0 Å². The fraction of sp³-hybridized carbons (Fsp3) is 0.118. The molecule has 8 nitrogen and oxygen atoms in total. The van der Waals surface area contributed by atoms with Crippen molar-refractivity contribution in [3.05, 3.63) is 52.6 Å². The molecular formula is C17H16BrN5O3. The predicted octanol–water partition coefficient (Wildman–Crippen LogP) is 2.88. The van der Waals surface area contributed by atoms with E-state index in [0.717, 1.165) is 4.47 Å². The summed E-state index contributed by atoms with van der Waals surface area (Å²) in [5, 5.41) is 10.6. The molecule has 0 fully saturated rings. The Kier molecular flexibility index (Phi) is 5.08. The molecule has 0 bridgehead atoms. The van der Waals surface area contributed by atoms with Crippen LogP contribution in [-0.2, 0) is 0 Å². The van der Waals surface area contributed by atoms with Crippen molar-refractivity contribution in [2.75, 3.05) is 25.3 Å². The number of nitrogens with one attached hydrogen (secondary N) is 1. The minimum atomic E-state index is -0.476. The minimum Gasteiger partial charge on any atom is -0.493 e. The summed E-state index contributed by atoms with van der Waals surface area (Å²) in [6, 6.07) is 12.4. The van der Waals surface area contributed by atoms with Gasteiger partial charge in [0.05, 0.1) is 19.9 Å². The van der Waals surface area contributed by atoms with Crippen LogP contribution in [-0.4, -0.2) is 35.1 Å². The summed E-state index contributed by atoms with van der Waals surface area (Å²) in [6.45, 7) is 0. The van der Waals surface area contributed by atoms with Gasteiger partial charge in [-0.25, -0.2) is 0 Å². The van der Waals surface area contributed by atoms with Gasteiger partial charge in [-0.15, -0.1) is 5.10 Å². The number of benzene rings is 2. The van der Waals surface area contributed by atoms with E-state index in [0.29, 0.717) is 22.9 Å². The zero-order valence-electron chi connectivity index (χ0n) is 14.1. The lowest BCUT2D eigenvalue weighted by atomic mass is 10.2. The third-order valence-electron chi connectivity index (χ3n) is 3.61. The summed E-state index contributed by atoms with van der Waals surface area (Å²) in [6.07, 6.45) is 0. The zero-order chi connectivity index (χ0) is 18.7. The molecule has 0 saturated heterocycles. The predicted molar refractivity (Wildman–Crippen MR) is 101 cm³/mol. The quantitative estimate of drug-likeness (QED) is 0.661. The SMILES string of the molecule is COc1ccc(NC(=O)c2nnn(-c3cccc(Br)c3)c2N)cc1OC. The molecule has 9 heteroatoms. The summed E-state index contributed by atoms with van der Waals surface area (Å²) in [5.41, 5.74) is 7.29. The van der Waals surface area contributed by atoms with E-state index in [1.54, 1.807) is 18.2 Å². The number of amides is 1. The van der Waals surface area contributed by atoms with E-state index in [-0.39, 0.29) is 11.5 Å². The molecule has 2 aromatic carbocycles. The lowest BCUT2D eigenvalue weighted by Crippen LogP contribution is -2.15. The number of ether oxygens (including phenoxy) is 2. The van der Waals surface area contributed by atoms with Crippen LogP contribution in [0.4, 0.5) is 11.5 Å². The van der Waals surface area contributed by atoms with Crippen molar-refractivity contribution in [3.8, 4) is 17.2 Å². The van der Waals surface area contributed by atoms with Gasteiger partial charge < -0.3 is 20.5 Å². The highest BCUT2D eigenvalue weighted by molar-refractivity contribution is 9.10. The van der Waals surface area contributed by atoms with Gasteiger partial charge in [0.15, 0.2) is 23.0 Å². The number of carbonyl (C=O) groups excluding carboxylic acids is 1. The topological polar surface area (TPSA) is 104 Å². The number of nitrogens with zero attached hydrogens (tertiary/aromatic N) is 3. The van der Waals surface area contributed by atoms with Crippen molar-refractivity contribution in [2.24, 2.45) is 0 Å². The van der Waals surface area contributed by atoms with E-state index in [1.807, 2.05) is 24.3 Å². The van der Waals surface area contributed by atoms with E-state index in [4.69, 9.17) is 15.2 Å². The minimum absolute atomic E-state index is 0.0276. The zero-order valence-corrected chi connectivity index (χ0v) is 15.6. The Bertz CT molecular complexity index is 957. The summed E-state index contributed by atoms with van der Waals surface area (Å²) < 4.78 is 12.7. The second-order valence-corrected chi connectivity index (χ2v) is 6.15. The van der Waals surface area contributed by atoms with Crippen LogP contribution in [0.15, 0.2) is 46.9 Å². The molecule has 0 aliphatic rings. The van der Waals surface area contributed by atoms with Crippen molar-refractivity contribution >= 4 is 33.3 Å². The number of anilines is 2. The van der Waals surface area contributed by atoms with Crippen LogP contribution in [0.3, 0.4) is 0 Å². The number of hydrogen-bond donors (Lipinski definition) is 2. The molecule has 134 valence electrons. The van der Waals surface area contributed by atoms with Crippen LogP contribution in [0.1, 0.15) is 10.5 Å². The first kappa shape index (κ1) is 17.7. The molecule has 1 amide bonds. The van der Waals surface area contributed by atoms with Gasteiger partial charge in [-0.3, -0.25) is 4.79 Å². The molecule has 1 aromatic heterocycles. The molecule has 3 N–H and O–H groups in total. The van der Waals surface area contributed by atoms with Crippen molar-refractivity contribution in [3.63, 3.8) is 0 Å². The largest absolute Gasteiger partial charge is 0.493 e. The third-order valence-corrected chi connectivity index (χ3v) is 4.11. The molecule has 0 atom stereocenters. The van der Waals surface area contributed by atoms with Gasteiger partial charge in [0, 0.05) is 16.2 Å². The highest BCUT2D eigenvalue weighted by Gasteiger charge is 2.19. The van der Waals surface area contributed by atoms with Crippen LogP contribution >= 0.6 is 15.9 Å². The number of carbonyl (C=O) groups is 1. The Morgan fingerprint density at radius 2 is 1.92 bits per heavy atom. The van der Waals surface area contributed by atoms with E-state index in [1.165, 1.54) is 18.9 Å². The molecule has 0 radical (unpaired) electrons. The van der Waals surface area contributed by atoms with E-state index in [9.17, 15) is 4.79 Å². The number of aromatic nitrogens is 3. The van der Waals surface area contributed by atoms with E-state index in [2.05, 4.69) is 31.6 Å². The van der Waals surface area contributed by atoms with Gasteiger partial charge in [-0.2, -0.15) is 4.68 Å². The number of rotatable bonds is 5. The second kappa shape index (κ2) is 7.44. The maximum atomic E-state index is 12.5. The van der Waals surface area contributed by atoms with Gasteiger partial charge in [0.25, 0.3) is 5.91 Å². The van der Waals surface area contributed by atoms with Gasteiger partial charge in [0.2, 0.25) is 0 Å². The van der Waals surface area contributed by atoms with Crippen molar-refractivity contribution < 1.29 is 14.3 Å². The maximum absolute atomic E-state index is 12.5. The Balaban J connectivity index is 1.85. The number of methoxy groups -OCH3 is 2. The van der Waals surface area contributed by atoms with Gasteiger partial charge in [-0.1, -0.05) is 27.2 Å². The Morgan fingerprint density at radius 1 is 1.15 bits per heavy atom. The first-order valence-electron chi connectivity index (χ1n) is 7.54. The summed E-state index contributed by atoms with van der Waals surface area (Å²) in [7, 11) is 3.06. The Morgan fingerprint density at radius 3 is 2.62 bits per heavy atom. The number of nitrogens with two attached hydrogens (primary N) is 1. The smallest absolute Gasteiger partial charge is 0.280 e. The Hall–Kier alpha value is -3.07. The number of hydrogen-bond acceptors (Lipinski definition) is 6. The molecule has 0 spiro atoms. The molecule has 26 heavy (non-hydrogen) atoms. The molecule has 3 aromatic rings. The van der Waals surface area contributed by atoms with Crippen LogP contribution in [0.2, 0.25) is 0 Å². The standard InChI is InChI=1S/C17H16BrN5O3/c1-25-13-7-6-11(9-14(13)26-2)20-17(24)15-16(19)23(22-21-15)12-5-3-4-10(18)8-12/h3-9H,19H2,1-2H3,(H,20,24). The van der Waals surface area contributed by atoms with Gasteiger partial charge in [0.1, 0.15) is 0 Å². The normalized spacial score (nSPS) is 10.4. The second-order valence-electron chi connectivity index (χ2n) is 5.24. The number of nitrogen functional groups attached to an aromatic ring is 1. The molecule has 0 aliphatic carbocycles. The molecule has 1 heterocycles. The Labute approximate surface area is 158 Å². The van der Waals surface area contributed by atoms with Crippen molar-refractivity contribution in [2.45, 2.75) is 0 Å². The summed E-state index contributed by atoms with van der Waals surface area (Å²) in [5.74, 6) is 0.721. The maximum Gasteiger partial charge on any atom is 0.280 e. The van der Waals surface area contributed by atoms with Gasteiger partial charge in [-0.05, 0) is 30.3 Å². The lowest BCUT2D eigenvalue weighted by molar-refractivity contribution is 0.102. The lowest BCUT2D eigenvalue weighted by Gasteiger charge is -2.10. The molecule has 0 aliphatic heterocycles. The molecular weight excluding hydrogens is 402 g/mol. The summed E-state index contributed by atoms with van der Waals surface area (Å²) >= 11 is 3.39. The fourth-order valence-corrected chi connectivity index (χ4v) is 2.74. The fourth-order valence-electron chi connectivity index (χ4n) is 2.35. The van der Waals surface area contributed by atoms with E-state index >= 15 is 0 Å². The summed E-state index contributed by atoms with van der Waals surface area (Å²) in [4.78, 5) is 12.5. The highest BCUT2D eigenvalue weighted by atomic mass is 79.9. The molecule has 3 rings (SSSR count). The van der Waals surface area contributed by atoms with Gasteiger partial charge >= 0.3 is 0 Å².